The molecule has 0 N–H and O–H groups in total. The summed E-state index contributed by atoms with van der Waals surface area (Å²) >= 11 is 6.08. The number of anilines is 2. The zero-order valence-electron chi connectivity index (χ0n) is 29.9. The number of aromatic nitrogens is 2. The Morgan fingerprint density at radius 3 is 2.13 bits per heavy atom. The van der Waals surface area contributed by atoms with Crippen LogP contribution >= 0.6 is 11.6 Å². The molecule has 5 rings (SSSR count). The van der Waals surface area contributed by atoms with Crippen LogP contribution in [0.3, 0.4) is 0 Å². The molecule has 10 nitrogen and oxygen atoms in total. The molecule has 1 aliphatic heterocycles. The van der Waals surface area contributed by atoms with E-state index >= 15 is 0 Å². The van der Waals surface area contributed by atoms with Crippen LogP contribution in [-0.4, -0.2) is 55.1 Å². The number of imidazole rings is 1. The maximum atomic E-state index is 13.9. The van der Waals surface area contributed by atoms with Crippen molar-refractivity contribution < 1.29 is 62.5 Å². The molecule has 0 fully saturated rings. The topological polar surface area (TPSA) is 130 Å². The number of aryl methyl sites for hydroxylation is 1. The summed E-state index contributed by atoms with van der Waals surface area (Å²) in [7, 11) is -9.01. The Hall–Kier alpha value is -3.81. The van der Waals surface area contributed by atoms with Gasteiger partial charge in [-0.05, 0) is 74.2 Å². The molecule has 1 aromatic heterocycles. The van der Waals surface area contributed by atoms with Gasteiger partial charge in [0.05, 0.1) is 54.9 Å². The number of hydrogen-bond donors (Lipinski definition) is 0. The largest absolute Gasteiger partial charge is 1.00 e. The average molecular weight is 797 g/mol. The van der Waals surface area contributed by atoms with E-state index in [0.29, 0.717) is 29.5 Å². The van der Waals surface area contributed by atoms with Crippen molar-refractivity contribution >= 4 is 66.5 Å². The molecule has 2 heterocycles. The molecule has 0 radical (unpaired) electrons. The number of allylic oxidation sites excluding steroid dienone is 4. The molecule has 0 amide bonds. The van der Waals surface area contributed by atoms with Gasteiger partial charge in [-0.3, -0.25) is 0 Å². The molecule has 1 aliphatic rings. The summed E-state index contributed by atoms with van der Waals surface area (Å²) < 4.78 is 114. The molecule has 0 spiro atoms. The fraction of sp³-hybridized carbons (Fsp3) is 0.270. The van der Waals surface area contributed by atoms with Crippen molar-refractivity contribution in [2.24, 2.45) is 0 Å². The molecule has 3 aromatic carbocycles. The summed E-state index contributed by atoms with van der Waals surface area (Å²) in [5, 5.41) is -0.484. The second-order valence-corrected chi connectivity index (χ2v) is 15.8. The Labute approximate surface area is 330 Å². The van der Waals surface area contributed by atoms with Crippen molar-refractivity contribution in [1.82, 2.24) is 4.57 Å². The van der Waals surface area contributed by atoms with Gasteiger partial charge in [-0.15, -0.1) is 0 Å². The minimum atomic E-state index is -4.74. The van der Waals surface area contributed by atoms with Crippen LogP contribution in [-0.2, 0) is 33.0 Å². The molecule has 17 heteroatoms. The van der Waals surface area contributed by atoms with Crippen LogP contribution in [0.5, 0.6) is 0 Å². The quantitative estimate of drug-likeness (QED) is 0.0796. The van der Waals surface area contributed by atoms with E-state index in [1.807, 2.05) is 70.7 Å². The zero-order chi connectivity index (χ0) is 38.7. The maximum Gasteiger partial charge on any atom is 1.00 e. The third-order valence-corrected chi connectivity index (χ3v) is 10.6. The van der Waals surface area contributed by atoms with Gasteiger partial charge in [0.25, 0.3) is 5.82 Å². The van der Waals surface area contributed by atoms with Crippen LogP contribution in [0, 0.1) is 0 Å². The molecule has 0 atom stereocenters. The van der Waals surface area contributed by atoms with Crippen LogP contribution in [0.1, 0.15) is 38.1 Å². The number of benzene rings is 3. The number of rotatable bonds is 14. The normalized spacial score (nSPS) is 14.7. The first-order valence-electron chi connectivity index (χ1n) is 16.6. The van der Waals surface area contributed by atoms with Crippen LogP contribution in [0.15, 0.2) is 96.9 Å². The van der Waals surface area contributed by atoms with Crippen LogP contribution in [0.25, 0.3) is 34.4 Å². The molecule has 4 aromatic rings. The fourth-order valence-electron chi connectivity index (χ4n) is 6.33. The van der Waals surface area contributed by atoms with Gasteiger partial charge in [0, 0.05) is 30.7 Å². The Balaban J connectivity index is 0.00000650. The standard InChI is InChI=1S/C37H38ClF3N4O6S2.Li/c1-4-42-31-16-15-28(27-11-7-6-8-12-27)23-32(31)44(19-9-21-52(46,47)48)35(42)17-13-26(3)14-18-36-43(5-2)34-25-30(38)29(37(39,40)41)24-33(34)45(36)20-10-22-53(49,50)51;/h4,6-8,11-18,23-25H,1,5,9-10,19-22H2,2-3H3,(H-,46,47,48,49,50,51);/q;+1/p-1. The summed E-state index contributed by atoms with van der Waals surface area (Å²) in [5.41, 5.74) is 3.73. The van der Waals surface area contributed by atoms with Crippen molar-refractivity contribution in [2.45, 2.75) is 39.4 Å². The Morgan fingerprint density at radius 2 is 1.54 bits per heavy atom. The van der Waals surface area contributed by atoms with Gasteiger partial charge in [-0.1, -0.05) is 66.2 Å². The van der Waals surface area contributed by atoms with Gasteiger partial charge in [-0.25, -0.2) is 21.4 Å². The van der Waals surface area contributed by atoms with Gasteiger partial charge in [0.2, 0.25) is 0 Å². The van der Waals surface area contributed by atoms with E-state index in [0.717, 1.165) is 28.2 Å². The first-order chi connectivity index (χ1) is 24.9. The summed E-state index contributed by atoms with van der Waals surface area (Å²) in [6, 6.07) is 17.8. The number of halogens is 4. The summed E-state index contributed by atoms with van der Waals surface area (Å²) in [6.45, 7) is 8.09. The van der Waals surface area contributed by atoms with Crippen molar-refractivity contribution in [2.75, 3.05) is 34.4 Å². The number of fused-ring (bicyclic) bond motifs is 2. The zero-order valence-corrected chi connectivity index (χ0v) is 32.3. The third kappa shape index (κ3) is 10.1. The molecule has 0 unspecified atom stereocenters. The molecule has 282 valence electrons. The third-order valence-electron chi connectivity index (χ3n) is 8.70. The second-order valence-electron chi connectivity index (χ2n) is 12.3. The van der Waals surface area contributed by atoms with Gasteiger partial charge in [-0.2, -0.15) is 17.7 Å². The monoisotopic (exact) mass is 796 g/mol. The van der Waals surface area contributed by atoms with E-state index in [9.17, 15) is 39.1 Å². The van der Waals surface area contributed by atoms with Crippen LogP contribution in [0.2, 0.25) is 5.02 Å². The minimum absolute atomic E-state index is 0. The summed E-state index contributed by atoms with van der Waals surface area (Å²) in [5.74, 6) is -0.142. The fourth-order valence-corrected chi connectivity index (χ4v) is 7.57. The first kappa shape index (κ1) is 42.9. The molecule has 0 saturated heterocycles. The molecule has 54 heavy (non-hydrogen) atoms. The van der Waals surface area contributed by atoms with Gasteiger partial charge < -0.3 is 18.9 Å². The molecule has 0 aliphatic carbocycles. The average Bonchev–Trinajstić information content (AvgIpc) is 3.54. The van der Waals surface area contributed by atoms with Crippen molar-refractivity contribution in [1.29, 1.82) is 0 Å². The second kappa shape index (κ2) is 17.3. The number of hydrogen-bond acceptors (Lipinski definition) is 8. The van der Waals surface area contributed by atoms with Crippen molar-refractivity contribution in [3.63, 3.8) is 0 Å². The van der Waals surface area contributed by atoms with E-state index in [2.05, 4.69) is 6.58 Å². The van der Waals surface area contributed by atoms with Crippen molar-refractivity contribution in [3.05, 3.63) is 113 Å². The molecular weight excluding hydrogens is 760 g/mol. The number of nitrogens with zero attached hydrogens (tertiary/aromatic N) is 4. The van der Waals surface area contributed by atoms with Gasteiger partial charge in [0.15, 0.2) is 11.0 Å². The van der Waals surface area contributed by atoms with Crippen molar-refractivity contribution in [3.8, 4) is 11.1 Å². The van der Waals surface area contributed by atoms with E-state index in [-0.39, 0.29) is 50.5 Å². The first-order valence-corrected chi connectivity index (χ1v) is 20.1. The molecule has 0 saturated carbocycles. The Kier molecular flexibility index (Phi) is 13.8. The Bertz CT molecular complexity index is 2350. The number of alkyl halides is 3. The van der Waals surface area contributed by atoms with E-state index in [1.165, 1.54) is 6.07 Å². The molecule has 0 bridgehead atoms. The van der Waals surface area contributed by atoms with E-state index in [1.54, 1.807) is 41.2 Å². The SMILES string of the molecule is C=C[n+]1c(/C=C/C(C)=C/C=C2\N(CC)c3cc(Cl)c(C(F)(F)F)cc3N2CCCS(=O)(=O)[O-])n(CCCS(=O)(=O)[O-])c2cc(-c3ccccc3)ccc21.[Li+]. The predicted molar refractivity (Wildman–Crippen MR) is 200 cm³/mol. The smallest absolute Gasteiger partial charge is 0.748 e. The minimum Gasteiger partial charge on any atom is -0.748 e. The maximum absolute atomic E-state index is 13.9. The summed E-state index contributed by atoms with van der Waals surface area (Å²) in [6.07, 6.45) is 3.88. The molecular formula is C37H37ClF3LiN4O6S2. The van der Waals surface area contributed by atoms with Crippen LogP contribution < -0.4 is 33.2 Å². The Morgan fingerprint density at radius 1 is 0.907 bits per heavy atom. The van der Waals surface area contributed by atoms with Crippen LogP contribution in [0.4, 0.5) is 24.5 Å². The van der Waals surface area contributed by atoms with Gasteiger partial charge >= 0.3 is 25.0 Å². The summed E-state index contributed by atoms with van der Waals surface area (Å²) in [4.78, 5) is 3.29. The van der Waals surface area contributed by atoms with Gasteiger partial charge in [0.1, 0.15) is 5.82 Å². The van der Waals surface area contributed by atoms with E-state index < -0.39 is 48.5 Å². The predicted octanol–water partition coefficient (Wildman–Crippen LogP) is 4.39. The van der Waals surface area contributed by atoms with E-state index in [4.69, 9.17) is 11.6 Å².